The van der Waals surface area contributed by atoms with Gasteiger partial charge in [0.2, 0.25) is 0 Å². The van der Waals surface area contributed by atoms with Gasteiger partial charge >= 0.3 is 0 Å². The molecule has 0 unspecified atom stereocenters. The first-order chi connectivity index (χ1) is 12.4. The second-order valence-electron chi connectivity index (χ2n) is 7.27. The Hall–Kier alpha value is -1.57. The number of hydrogen-bond acceptors (Lipinski definition) is 2. The van der Waals surface area contributed by atoms with Gasteiger partial charge in [-0.3, -0.25) is 5.43 Å². The van der Waals surface area contributed by atoms with Gasteiger partial charge in [-0.2, -0.15) is 5.10 Å². The third-order valence-electron chi connectivity index (χ3n) is 5.02. The lowest BCUT2D eigenvalue weighted by Gasteiger charge is -2.04. The minimum atomic E-state index is 1.08. The van der Waals surface area contributed by atoms with Crippen molar-refractivity contribution in [2.75, 3.05) is 5.43 Å². The van der Waals surface area contributed by atoms with Gasteiger partial charge in [0.25, 0.3) is 0 Å². The number of fused-ring (bicyclic) bond motifs is 1. The molecule has 25 heavy (non-hydrogen) atoms. The van der Waals surface area contributed by atoms with Gasteiger partial charge in [-0.25, -0.2) is 0 Å². The Morgan fingerprint density at radius 2 is 1.32 bits per heavy atom. The average molecular weight is 341 g/mol. The highest BCUT2D eigenvalue weighted by Gasteiger charge is 2.03. The first-order valence-electron chi connectivity index (χ1n) is 10.5. The Morgan fingerprint density at radius 1 is 0.720 bits per heavy atom. The average Bonchev–Trinajstić information content (AvgIpc) is 2.85. The molecule has 138 valence electrons. The maximum atomic E-state index is 4.53. The first kappa shape index (κ1) is 19.8. The summed E-state index contributed by atoms with van der Waals surface area (Å²) in [5.74, 6) is 0. The fourth-order valence-electron chi connectivity index (χ4n) is 3.39. The molecule has 0 atom stereocenters. The molecule has 1 aromatic carbocycles. The molecule has 0 saturated heterocycles. The lowest BCUT2D eigenvalue weighted by molar-refractivity contribution is 0.546. The summed E-state index contributed by atoms with van der Waals surface area (Å²) in [4.78, 5) is 0. The quantitative estimate of drug-likeness (QED) is 0.368. The van der Waals surface area contributed by atoms with Crippen molar-refractivity contribution in [2.24, 2.45) is 5.10 Å². The van der Waals surface area contributed by atoms with E-state index in [0.29, 0.717) is 0 Å². The molecule has 0 amide bonds. The van der Waals surface area contributed by atoms with Gasteiger partial charge in [0.05, 0.1) is 11.4 Å². The molecule has 1 aliphatic heterocycles. The van der Waals surface area contributed by atoms with Crippen LogP contribution in [-0.4, -0.2) is 5.71 Å². The van der Waals surface area contributed by atoms with Crippen molar-refractivity contribution in [3.8, 4) is 0 Å². The van der Waals surface area contributed by atoms with Crippen molar-refractivity contribution >= 4 is 17.5 Å². The van der Waals surface area contributed by atoms with Crippen molar-refractivity contribution in [3.63, 3.8) is 0 Å². The predicted octanol–water partition coefficient (Wildman–Crippen LogP) is 7.57. The highest BCUT2D eigenvalue weighted by molar-refractivity contribution is 6.00. The Labute approximate surface area is 154 Å². The largest absolute Gasteiger partial charge is 0.278 e. The highest BCUT2D eigenvalue weighted by atomic mass is 15.3. The molecule has 0 saturated carbocycles. The number of allylic oxidation sites excluding steroid dienone is 1. The molecule has 0 radical (unpaired) electrons. The topological polar surface area (TPSA) is 24.4 Å². The number of anilines is 1. The fraction of sp³-hybridized carbons (Fsp3) is 0.609. The van der Waals surface area contributed by atoms with Crippen molar-refractivity contribution < 1.29 is 0 Å². The zero-order valence-electron chi connectivity index (χ0n) is 16.1. The highest BCUT2D eigenvalue weighted by Crippen LogP contribution is 2.20. The normalized spacial score (nSPS) is 13.1. The minimum absolute atomic E-state index is 1.08. The molecular formula is C23H36N2. The molecule has 0 aromatic heterocycles. The summed E-state index contributed by atoms with van der Waals surface area (Å²) in [7, 11) is 0. The van der Waals surface area contributed by atoms with Crippen LogP contribution in [0, 0.1) is 0 Å². The molecule has 0 fully saturated rings. The number of hydrogen-bond donors (Lipinski definition) is 1. The fourth-order valence-corrected chi connectivity index (χ4v) is 3.39. The summed E-state index contributed by atoms with van der Waals surface area (Å²) in [6.45, 7) is 2.29. The molecule has 2 heteroatoms. The van der Waals surface area contributed by atoms with E-state index in [2.05, 4.69) is 47.8 Å². The monoisotopic (exact) mass is 340 g/mol. The lowest BCUT2D eigenvalue weighted by Crippen LogP contribution is -1.97. The maximum absolute atomic E-state index is 4.53. The van der Waals surface area contributed by atoms with Gasteiger partial charge in [0, 0.05) is 0 Å². The van der Waals surface area contributed by atoms with Gasteiger partial charge < -0.3 is 0 Å². The summed E-state index contributed by atoms with van der Waals surface area (Å²) in [5, 5.41) is 4.53. The summed E-state index contributed by atoms with van der Waals surface area (Å²) in [5.41, 5.74) is 6.68. The molecule has 1 heterocycles. The van der Waals surface area contributed by atoms with Crippen LogP contribution in [0.15, 0.2) is 35.4 Å². The van der Waals surface area contributed by atoms with Crippen LogP contribution >= 0.6 is 0 Å². The van der Waals surface area contributed by atoms with Gasteiger partial charge in [-0.05, 0) is 30.5 Å². The summed E-state index contributed by atoms with van der Waals surface area (Å²) < 4.78 is 0. The predicted molar refractivity (Wildman–Crippen MR) is 112 cm³/mol. The molecule has 2 rings (SSSR count). The smallest absolute Gasteiger partial charge is 0.0634 e. The van der Waals surface area contributed by atoms with E-state index in [-0.39, 0.29) is 0 Å². The Bertz CT molecular complexity index is 531. The number of nitrogens with zero attached hydrogens (tertiary/aromatic N) is 1. The van der Waals surface area contributed by atoms with E-state index in [1.807, 2.05) is 6.07 Å². The van der Waals surface area contributed by atoms with Crippen LogP contribution in [0.5, 0.6) is 0 Å². The van der Waals surface area contributed by atoms with E-state index in [4.69, 9.17) is 0 Å². The number of unbranched alkanes of at least 4 members (excludes halogenated alkanes) is 11. The molecule has 2 nitrogen and oxygen atoms in total. The maximum Gasteiger partial charge on any atom is 0.0634 e. The molecule has 1 aliphatic rings. The minimum Gasteiger partial charge on any atom is -0.278 e. The molecule has 0 spiro atoms. The number of nitrogens with one attached hydrogen (secondary N) is 1. The number of para-hydroxylation sites is 1. The summed E-state index contributed by atoms with van der Waals surface area (Å²) in [6.07, 6.45) is 22.2. The summed E-state index contributed by atoms with van der Waals surface area (Å²) in [6, 6.07) is 8.32. The van der Waals surface area contributed by atoms with Crippen LogP contribution in [0.3, 0.4) is 0 Å². The van der Waals surface area contributed by atoms with Crippen LogP contribution in [0.4, 0.5) is 5.69 Å². The van der Waals surface area contributed by atoms with Crippen molar-refractivity contribution in [1.29, 1.82) is 0 Å². The van der Waals surface area contributed by atoms with Gasteiger partial charge in [-0.1, -0.05) is 102 Å². The second kappa shape index (κ2) is 12.7. The molecule has 0 bridgehead atoms. The van der Waals surface area contributed by atoms with Crippen LogP contribution in [0.1, 0.15) is 96.0 Å². The number of hydrazone groups is 1. The summed E-state index contributed by atoms with van der Waals surface area (Å²) >= 11 is 0. The molecule has 1 N–H and O–H groups in total. The zero-order chi connectivity index (χ0) is 17.6. The van der Waals surface area contributed by atoms with E-state index in [0.717, 1.165) is 12.1 Å². The Morgan fingerprint density at radius 3 is 2.00 bits per heavy atom. The standard InChI is InChI=1S/C23H36N2/c1-2-3-4-5-6-7-8-9-10-11-12-13-17-22-20-19-21-16-14-15-18-23(21)25-24-22/h14-16,18-20,25H,2-13,17H2,1H3. The molecule has 1 aromatic rings. The van der Waals surface area contributed by atoms with Gasteiger partial charge in [-0.15, -0.1) is 0 Å². The number of benzene rings is 1. The van der Waals surface area contributed by atoms with E-state index in [1.54, 1.807) is 0 Å². The van der Waals surface area contributed by atoms with Crippen LogP contribution < -0.4 is 5.43 Å². The molecular weight excluding hydrogens is 304 g/mol. The van der Waals surface area contributed by atoms with Crippen molar-refractivity contribution in [3.05, 3.63) is 35.9 Å². The van der Waals surface area contributed by atoms with Crippen molar-refractivity contribution in [2.45, 2.75) is 90.4 Å². The third-order valence-corrected chi connectivity index (χ3v) is 5.02. The third kappa shape index (κ3) is 8.38. The van der Waals surface area contributed by atoms with Crippen LogP contribution in [-0.2, 0) is 0 Å². The van der Waals surface area contributed by atoms with Gasteiger partial charge in [0.15, 0.2) is 0 Å². The van der Waals surface area contributed by atoms with Crippen LogP contribution in [0.25, 0.3) is 6.08 Å². The van der Waals surface area contributed by atoms with E-state index < -0.39 is 0 Å². The first-order valence-corrected chi connectivity index (χ1v) is 10.5. The molecule has 0 aliphatic carbocycles. The Balaban J connectivity index is 1.45. The number of rotatable bonds is 13. The second-order valence-corrected chi connectivity index (χ2v) is 7.27. The Kier molecular flexibility index (Phi) is 10.1. The zero-order valence-corrected chi connectivity index (χ0v) is 16.1. The van der Waals surface area contributed by atoms with E-state index in [1.165, 1.54) is 88.3 Å². The van der Waals surface area contributed by atoms with Gasteiger partial charge in [0.1, 0.15) is 0 Å². The van der Waals surface area contributed by atoms with Crippen molar-refractivity contribution in [1.82, 2.24) is 0 Å². The van der Waals surface area contributed by atoms with Crippen LogP contribution in [0.2, 0.25) is 0 Å². The SMILES string of the molecule is CCCCCCCCCCCCCCC1=NNc2ccccc2C=C1. The van der Waals surface area contributed by atoms with E-state index >= 15 is 0 Å². The lowest BCUT2D eigenvalue weighted by atomic mass is 10.0. The van der Waals surface area contributed by atoms with E-state index in [9.17, 15) is 0 Å².